The summed E-state index contributed by atoms with van der Waals surface area (Å²) in [5, 5.41) is 42.3. The van der Waals surface area contributed by atoms with Gasteiger partial charge in [-0.05, 0) is 65.9 Å². The molecule has 0 unspecified atom stereocenters. The molecule has 11 nitrogen and oxygen atoms in total. The number of hydroxylamine groups is 1. The zero-order valence-electron chi connectivity index (χ0n) is 24.9. The summed E-state index contributed by atoms with van der Waals surface area (Å²) < 4.78 is 20.0. The number of methoxy groups -OCH3 is 1. The smallest absolute Gasteiger partial charge is 0.267 e. The topological polar surface area (TPSA) is 167 Å². The van der Waals surface area contributed by atoms with Crippen LogP contribution in [0.3, 0.4) is 0 Å². The molecule has 2 aromatic carbocycles. The number of halogens is 1. The van der Waals surface area contributed by atoms with Gasteiger partial charge < -0.3 is 20.1 Å². The van der Waals surface area contributed by atoms with Crippen molar-refractivity contribution >= 4 is 17.8 Å². The summed E-state index contributed by atoms with van der Waals surface area (Å²) in [5.74, 6) is -0.669. The molecule has 0 saturated carbocycles. The van der Waals surface area contributed by atoms with Crippen molar-refractivity contribution < 1.29 is 24.2 Å². The minimum Gasteiger partial charge on any atom is -0.504 e. The molecule has 0 bridgehead atoms. The molecule has 4 aromatic rings. The first kappa shape index (κ1) is 31.6. The van der Waals surface area contributed by atoms with Crippen molar-refractivity contribution in [2.75, 3.05) is 25.1 Å². The molecule has 3 heterocycles. The Morgan fingerprint density at radius 2 is 1.87 bits per heavy atom. The molecule has 12 heteroatoms. The van der Waals surface area contributed by atoms with Crippen LogP contribution >= 0.6 is 0 Å². The van der Waals surface area contributed by atoms with Gasteiger partial charge >= 0.3 is 0 Å². The summed E-state index contributed by atoms with van der Waals surface area (Å²) in [7, 11) is 1.45. The van der Waals surface area contributed by atoms with Gasteiger partial charge in [-0.2, -0.15) is 10.5 Å². The molecular weight excluding hydrogens is 589 g/mol. The number of rotatable bonds is 9. The largest absolute Gasteiger partial charge is 0.504 e. The Balaban J connectivity index is 1.36. The summed E-state index contributed by atoms with van der Waals surface area (Å²) in [6.45, 7) is 1.84. The Bertz CT molecular complexity index is 1860. The van der Waals surface area contributed by atoms with Crippen LogP contribution < -0.4 is 20.4 Å². The fourth-order valence-electron chi connectivity index (χ4n) is 5.38. The Morgan fingerprint density at radius 1 is 1.09 bits per heavy atom. The zero-order chi connectivity index (χ0) is 32.6. The minimum absolute atomic E-state index is 0.0928. The number of amides is 1. The van der Waals surface area contributed by atoms with Crippen molar-refractivity contribution in [2.45, 2.75) is 25.4 Å². The van der Waals surface area contributed by atoms with Crippen LogP contribution in [0, 0.1) is 28.5 Å². The van der Waals surface area contributed by atoms with Crippen molar-refractivity contribution in [1.29, 1.82) is 10.5 Å². The van der Waals surface area contributed by atoms with Gasteiger partial charge in [-0.1, -0.05) is 18.2 Å². The molecule has 4 N–H and O–H groups in total. The van der Waals surface area contributed by atoms with Crippen LogP contribution in [0.2, 0.25) is 0 Å². The first-order valence-electron chi connectivity index (χ1n) is 14.4. The number of phenols is 1. The lowest BCUT2D eigenvalue weighted by Gasteiger charge is -2.34. The fraction of sp³-hybridized carbons (Fsp3) is 0.206. The monoisotopic (exact) mass is 619 g/mol. The zero-order valence-corrected chi connectivity index (χ0v) is 24.9. The number of carbonyl (C=O) groups is 1. The van der Waals surface area contributed by atoms with E-state index in [4.69, 9.17) is 14.9 Å². The van der Waals surface area contributed by atoms with Crippen LogP contribution in [0.25, 0.3) is 28.3 Å². The Labute approximate surface area is 264 Å². The van der Waals surface area contributed by atoms with E-state index < -0.39 is 11.7 Å². The van der Waals surface area contributed by atoms with E-state index in [0.29, 0.717) is 53.4 Å². The number of nitriles is 2. The van der Waals surface area contributed by atoms with Gasteiger partial charge in [0.15, 0.2) is 11.5 Å². The van der Waals surface area contributed by atoms with Gasteiger partial charge in [0.2, 0.25) is 0 Å². The van der Waals surface area contributed by atoms with E-state index in [1.165, 1.54) is 42.9 Å². The highest BCUT2D eigenvalue weighted by atomic mass is 19.1. The lowest BCUT2D eigenvalue weighted by atomic mass is 9.91. The molecule has 2 aromatic heterocycles. The Morgan fingerprint density at radius 3 is 2.50 bits per heavy atom. The molecular formula is C34H30FN7O4. The molecule has 1 aliphatic heterocycles. The van der Waals surface area contributed by atoms with Crippen LogP contribution in [-0.4, -0.2) is 52.4 Å². The Hall–Kier alpha value is -5.82. The van der Waals surface area contributed by atoms with Gasteiger partial charge in [-0.25, -0.2) is 14.9 Å². The van der Waals surface area contributed by atoms with Crippen LogP contribution in [-0.2, 0) is 11.3 Å². The number of benzene rings is 2. The number of pyridine rings is 2. The van der Waals surface area contributed by atoms with Gasteiger partial charge in [-0.15, -0.1) is 0 Å². The third-order valence-electron chi connectivity index (χ3n) is 7.79. The second-order valence-corrected chi connectivity index (χ2v) is 10.6. The fourth-order valence-corrected chi connectivity index (χ4v) is 5.38. The maximum atomic E-state index is 14.8. The summed E-state index contributed by atoms with van der Waals surface area (Å²) in [4.78, 5) is 22.2. The SMILES string of the molecule is COc1ccc(-c2cnc(N3CCC(NCc4ccc(/C=C/C(=O)NO)nc4)CC3)c(C#N)c2-c2ccc(C#N)c(F)c2)cc1O. The number of aromatic nitrogens is 2. The van der Waals surface area contributed by atoms with Gasteiger partial charge in [0.1, 0.15) is 29.3 Å². The first-order valence-corrected chi connectivity index (χ1v) is 14.4. The number of hydrogen-bond acceptors (Lipinski definition) is 10. The van der Waals surface area contributed by atoms with Gasteiger partial charge in [-0.3, -0.25) is 15.0 Å². The highest BCUT2D eigenvalue weighted by molar-refractivity contribution is 5.91. The normalized spacial score (nSPS) is 13.3. The summed E-state index contributed by atoms with van der Waals surface area (Å²) in [6, 6.07) is 17.1. The first-order chi connectivity index (χ1) is 22.3. The summed E-state index contributed by atoms with van der Waals surface area (Å²) in [6.07, 6.45) is 7.59. The van der Waals surface area contributed by atoms with Crippen molar-refractivity contribution in [1.82, 2.24) is 20.8 Å². The van der Waals surface area contributed by atoms with Crippen molar-refractivity contribution in [3.05, 3.63) is 95.2 Å². The van der Waals surface area contributed by atoms with Crippen molar-refractivity contribution in [3.8, 4) is 45.9 Å². The predicted octanol–water partition coefficient (Wildman–Crippen LogP) is 4.68. The van der Waals surface area contributed by atoms with Crippen LogP contribution in [0.15, 0.2) is 67.0 Å². The second kappa shape index (κ2) is 14.3. The quantitative estimate of drug-likeness (QED) is 0.117. The van der Waals surface area contributed by atoms with E-state index >= 15 is 0 Å². The Kier molecular flexibility index (Phi) is 9.83. The lowest BCUT2D eigenvalue weighted by molar-refractivity contribution is -0.124. The number of hydrogen-bond donors (Lipinski definition) is 4. The average molecular weight is 620 g/mol. The number of nitrogens with one attached hydrogen (secondary N) is 2. The van der Waals surface area contributed by atoms with Gasteiger partial charge in [0.05, 0.1) is 18.4 Å². The average Bonchev–Trinajstić information content (AvgIpc) is 3.09. The number of ether oxygens (including phenoxy) is 1. The number of anilines is 1. The molecule has 0 atom stereocenters. The predicted molar refractivity (Wildman–Crippen MR) is 168 cm³/mol. The van der Waals surface area contributed by atoms with Crippen molar-refractivity contribution in [3.63, 3.8) is 0 Å². The highest BCUT2D eigenvalue weighted by Crippen LogP contribution is 2.41. The number of nitrogens with zero attached hydrogens (tertiary/aromatic N) is 5. The minimum atomic E-state index is -0.701. The van der Waals surface area contributed by atoms with E-state index in [2.05, 4.69) is 16.4 Å². The van der Waals surface area contributed by atoms with Crippen LogP contribution in [0.4, 0.5) is 10.2 Å². The van der Waals surface area contributed by atoms with Gasteiger partial charge in [0.25, 0.3) is 5.91 Å². The third-order valence-corrected chi connectivity index (χ3v) is 7.79. The molecule has 1 amide bonds. The maximum Gasteiger partial charge on any atom is 0.267 e. The highest BCUT2D eigenvalue weighted by Gasteiger charge is 2.26. The molecule has 1 fully saturated rings. The molecule has 0 radical (unpaired) electrons. The standard InChI is InChI=1S/C34H30FN7O4/c1-46-31-8-5-22(15-30(31)43)28-20-40-34(27(17-37)33(28)23-3-4-24(16-36)29(35)14-23)42-12-10-26(11-13-42)39-19-21-2-6-25(38-18-21)7-9-32(44)41-45/h2-9,14-15,18,20,26,39,43,45H,10-13,19H2,1H3,(H,41,44)/b9-7+. The van der Waals surface area contributed by atoms with Crippen LogP contribution in [0.5, 0.6) is 11.5 Å². The van der Waals surface area contributed by atoms with Gasteiger partial charge in [0, 0.05) is 55.3 Å². The molecule has 0 spiro atoms. The molecule has 46 heavy (non-hydrogen) atoms. The number of aromatic hydroxyl groups is 1. The molecule has 1 aliphatic rings. The van der Waals surface area contributed by atoms with Crippen molar-refractivity contribution in [2.24, 2.45) is 0 Å². The number of carbonyl (C=O) groups excluding carboxylic acids is 1. The summed E-state index contributed by atoms with van der Waals surface area (Å²) >= 11 is 0. The number of piperidine rings is 1. The van der Waals surface area contributed by atoms with Crippen LogP contribution in [0.1, 0.15) is 35.2 Å². The second-order valence-electron chi connectivity index (χ2n) is 10.6. The molecule has 0 aliphatic carbocycles. The lowest BCUT2D eigenvalue weighted by Crippen LogP contribution is -2.42. The molecule has 1 saturated heterocycles. The van der Waals surface area contributed by atoms with E-state index in [1.807, 2.05) is 17.0 Å². The summed E-state index contributed by atoms with van der Waals surface area (Å²) in [5.41, 5.74) is 5.18. The van der Waals surface area contributed by atoms with E-state index in [-0.39, 0.29) is 28.7 Å². The molecule has 5 rings (SSSR count). The molecule has 232 valence electrons. The van der Waals surface area contributed by atoms with E-state index in [9.17, 15) is 24.8 Å². The van der Waals surface area contributed by atoms with E-state index in [0.717, 1.165) is 18.4 Å². The third kappa shape index (κ3) is 6.94. The number of phenolic OH excluding ortho intramolecular Hbond substituents is 1. The van der Waals surface area contributed by atoms with E-state index in [1.54, 1.807) is 36.7 Å². The maximum absolute atomic E-state index is 14.8.